The van der Waals surface area contributed by atoms with Crippen molar-refractivity contribution in [3.8, 4) is 11.3 Å². The van der Waals surface area contributed by atoms with Gasteiger partial charge >= 0.3 is 5.84 Å². The third-order valence-electron chi connectivity index (χ3n) is 3.93. The van der Waals surface area contributed by atoms with E-state index in [-0.39, 0.29) is 17.7 Å². The molecule has 0 radical (unpaired) electrons. The van der Waals surface area contributed by atoms with Crippen LogP contribution < -0.4 is 0 Å². The van der Waals surface area contributed by atoms with Gasteiger partial charge in [-0.15, -0.1) is 4.99 Å². The van der Waals surface area contributed by atoms with Crippen LogP contribution in [0, 0.1) is 11.5 Å². The summed E-state index contributed by atoms with van der Waals surface area (Å²) in [6.07, 6.45) is 3.35. The molecule has 0 bridgehead atoms. The third-order valence-corrected chi connectivity index (χ3v) is 3.93. The van der Waals surface area contributed by atoms with Gasteiger partial charge in [0, 0.05) is 18.2 Å². The Bertz CT molecular complexity index is 758. The molecule has 1 aromatic carbocycles. The van der Waals surface area contributed by atoms with Crippen LogP contribution in [0.25, 0.3) is 11.3 Å². The lowest BCUT2D eigenvalue weighted by atomic mass is 9.89. The summed E-state index contributed by atoms with van der Waals surface area (Å²) < 4.78 is 14.6. The number of amidine groups is 1. The lowest BCUT2D eigenvalue weighted by Crippen LogP contribution is -2.15. The van der Waals surface area contributed by atoms with Gasteiger partial charge in [-0.1, -0.05) is 51.1 Å². The first-order valence-corrected chi connectivity index (χ1v) is 8.54. The summed E-state index contributed by atoms with van der Waals surface area (Å²) in [5.41, 5.74) is 2.98. The van der Waals surface area contributed by atoms with Gasteiger partial charge in [-0.25, -0.2) is 4.39 Å². The van der Waals surface area contributed by atoms with E-state index in [1.165, 1.54) is 0 Å². The minimum absolute atomic E-state index is 0.118. The topological polar surface area (TPSA) is 37.6 Å². The molecule has 128 valence electrons. The zero-order chi connectivity index (χ0) is 17.9. The highest BCUT2D eigenvalue weighted by molar-refractivity contribution is 6.02. The standard InChI is InChI=1S/C21H23FN3/c1-21(2,3)13-17-14-24-20(25-17)18(22)12-15-7-9-16(10-8-15)19-6-4-5-11-23-19/h4-11,14,18H,12-13H2,1-3H3/q+1. The average molecular weight is 336 g/mol. The molecule has 2 aromatic rings. The molecule has 3 nitrogen and oxygen atoms in total. The van der Waals surface area contributed by atoms with E-state index in [1.807, 2.05) is 42.5 Å². The van der Waals surface area contributed by atoms with E-state index in [0.29, 0.717) is 0 Å². The maximum absolute atomic E-state index is 14.6. The predicted molar refractivity (Wildman–Crippen MR) is 102 cm³/mol. The minimum Gasteiger partial charge on any atom is -0.256 e. The zero-order valence-corrected chi connectivity index (χ0v) is 14.9. The van der Waals surface area contributed by atoms with Crippen molar-refractivity contribution in [2.24, 2.45) is 15.4 Å². The van der Waals surface area contributed by atoms with Crippen LogP contribution in [0.4, 0.5) is 4.39 Å². The fourth-order valence-electron chi connectivity index (χ4n) is 2.77. The first-order chi connectivity index (χ1) is 11.9. The van der Waals surface area contributed by atoms with Crippen molar-refractivity contribution in [2.45, 2.75) is 39.8 Å². The quantitative estimate of drug-likeness (QED) is 0.702. The number of hydrogen-bond acceptors (Lipinski definition) is 3. The van der Waals surface area contributed by atoms with Gasteiger partial charge in [0.05, 0.1) is 12.1 Å². The van der Waals surface area contributed by atoms with Gasteiger partial charge in [0.2, 0.25) is 6.17 Å². The van der Waals surface area contributed by atoms with Gasteiger partial charge < -0.3 is 0 Å². The van der Waals surface area contributed by atoms with Gasteiger partial charge in [-0.3, -0.25) is 4.98 Å². The summed E-state index contributed by atoms with van der Waals surface area (Å²) in [6.45, 7) is 6.41. The van der Waals surface area contributed by atoms with Crippen molar-refractivity contribution in [3.05, 3.63) is 60.3 Å². The number of hydrogen-bond donors (Lipinski definition) is 0. The monoisotopic (exact) mass is 336 g/mol. The first-order valence-electron chi connectivity index (χ1n) is 8.54. The van der Waals surface area contributed by atoms with Crippen molar-refractivity contribution < 1.29 is 4.39 Å². The van der Waals surface area contributed by atoms with Crippen LogP contribution in [-0.4, -0.2) is 23.2 Å². The molecule has 1 aromatic heterocycles. The average Bonchev–Trinajstić information content (AvgIpc) is 3.03. The highest BCUT2D eigenvalue weighted by Crippen LogP contribution is 2.28. The lowest BCUT2D eigenvalue weighted by molar-refractivity contribution is 0.395. The Morgan fingerprint density at radius 2 is 1.84 bits per heavy atom. The molecule has 1 aliphatic heterocycles. The normalized spacial score (nSPS) is 15.4. The van der Waals surface area contributed by atoms with Gasteiger partial charge in [0.25, 0.3) is 0 Å². The molecule has 0 spiro atoms. The second-order valence-electron chi connectivity index (χ2n) is 7.54. The molecule has 0 aliphatic carbocycles. The Hall–Kier alpha value is -2.49. The van der Waals surface area contributed by atoms with Gasteiger partial charge in [-0.05, 0) is 28.1 Å². The molecule has 1 unspecified atom stereocenters. The van der Waals surface area contributed by atoms with E-state index in [1.54, 1.807) is 12.4 Å². The second-order valence-corrected chi connectivity index (χ2v) is 7.54. The maximum Gasteiger partial charge on any atom is 0.305 e. The van der Waals surface area contributed by atoms with E-state index in [9.17, 15) is 4.39 Å². The van der Waals surface area contributed by atoms with E-state index >= 15 is 0 Å². The van der Waals surface area contributed by atoms with Crippen molar-refractivity contribution in [1.82, 2.24) is 4.98 Å². The Morgan fingerprint density at radius 3 is 2.48 bits per heavy atom. The molecule has 0 fully saturated rings. The highest BCUT2D eigenvalue weighted by atomic mass is 19.1. The maximum atomic E-state index is 14.6. The SMILES string of the molecule is CC(C)(C)C[C+]1C=NC(C(F)Cc2ccc(-c3ccccn3)cc2)=N1. The van der Waals surface area contributed by atoms with Crippen molar-refractivity contribution in [2.75, 3.05) is 0 Å². The Labute approximate surface area is 148 Å². The number of halogens is 1. The number of benzene rings is 1. The first kappa shape index (κ1) is 17.3. The van der Waals surface area contributed by atoms with E-state index in [2.05, 4.69) is 35.7 Å². The van der Waals surface area contributed by atoms with Crippen LogP contribution in [0.3, 0.4) is 0 Å². The summed E-state index contributed by atoms with van der Waals surface area (Å²) in [5, 5.41) is 0. The summed E-state index contributed by atoms with van der Waals surface area (Å²) in [5.74, 6) is 0.285. The second kappa shape index (κ2) is 7.18. The number of alkyl halides is 1. The fourth-order valence-corrected chi connectivity index (χ4v) is 2.77. The molecule has 25 heavy (non-hydrogen) atoms. The Kier molecular flexibility index (Phi) is 4.98. The summed E-state index contributed by atoms with van der Waals surface area (Å²) in [6, 6.07) is 14.5. The van der Waals surface area contributed by atoms with Crippen LogP contribution in [0.5, 0.6) is 0 Å². The van der Waals surface area contributed by atoms with Crippen LogP contribution in [0.1, 0.15) is 32.8 Å². The molecular formula is C21H23FN3+. The van der Waals surface area contributed by atoms with Crippen molar-refractivity contribution in [3.63, 3.8) is 0 Å². The van der Waals surface area contributed by atoms with Crippen LogP contribution >= 0.6 is 0 Å². The number of aliphatic imine (C=N–C) groups is 2. The summed E-state index contributed by atoms with van der Waals surface area (Å²) in [7, 11) is 0. The summed E-state index contributed by atoms with van der Waals surface area (Å²) >= 11 is 0. The largest absolute Gasteiger partial charge is 0.305 e. The molecule has 1 aliphatic rings. The van der Waals surface area contributed by atoms with Crippen molar-refractivity contribution in [1.29, 1.82) is 0 Å². The molecule has 0 amide bonds. The molecule has 0 saturated heterocycles. The molecular weight excluding hydrogens is 313 g/mol. The van der Waals surface area contributed by atoms with Crippen LogP contribution in [0.2, 0.25) is 0 Å². The van der Waals surface area contributed by atoms with Crippen LogP contribution in [-0.2, 0) is 6.42 Å². The van der Waals surface area contributed by atoms with E-state index < -0.39 is 6.17 Å². The highest BCUT2D eigenvalue weighted by Gasteiger charge is 2.33. The Balaban J connectivity index is 1.63. The smallest absolute Gasteiger partial charge is 0.256 e. The van der Waals surface area contributed by atoms with Gasteiger partial charge in [0.15, 0.2) is 12.3 Å². The number of rotatable bonds is 5. The third kappa shape index (κ3) is 4.75. The molecule has 2 heterocycles. The minimum atomic E-state index is -1.19. The number of aromatic nitrogens is 1. The molecule has 4 heteroatoms. The molecule has 3 rings (SSSR count). The molecule has 0 saturated carbocycles. The molecule has 1 atom stereocenters. The zero-order valence-electron chi connectivity index (χ0n) is 14.9. The van der Waals surface area contributed by atoms with Crippen LogP contribution in [0.15, 0.2) is 58.6 Å². The lowest BCUT2D eigenvalue weighted by Gasteiger charge is -2.14. The van der Waals surface area contributed by atoms with Gasteiger partial charge in [0.1, 0.15) is 0 Å². The number of pyridine rings is 1. The fraction of sp³-hybridized carbons (Fsp3) is 0.333. The number of nitrogens with zero attached hydrogens (tertiary/aromatic N) is 3. The summed E-state index contributed by atoms with van der Waals surface area (Å²) in [4.78, 5) is 12.9. The predicted octanol–water partition coefficient (Wildman–Crippen LogP) is 5.08. The van der Waals surface area contributed by atoms with E-state index in [4.69, 9.17) is 0 Å². The van der Waals surface area contributed by atoms with Crippen molar-refractivity contribution >= 4 is 12.1 Å². The van der Waals surface area contributed by atoms with E-state index in [0.717, 1.165) is 29.3 Å². The molecule has 0 N–H and O–H groups in total. The Morgan fingerprint density at radius 1 is 1.08 bits per heavy atom. The van der Waals surface area contributed by atoms with Gasteiger partial charge in [-0.2, -0.15) is 0 Å².